The predicted molar refractivity (Wildman–Crippen MR) is 88.6 cm³/mol. The number of benzene rings is 1. The molecule has 0 radical (unpaired) electrons. The van der Waals surface area contributed by atoms with Crippen molar-refractivity contribution in [1.82, 2.24) is 15.2 Å². The van der Waals surface area contributed by atoms with Crippen LogP contribution in [0, 0.1) is 0 Å². The van der Waals surface area contributed by atoms with E-state index in [9.17, 15) is 4.79 Å². The van der Waals surface area contributed by atoms with Gasteiger partial charge in [0.25, 0.3) is 0 Å². The van der Waals surface area contributed by atoms with E-state index in [4.69, 9.17) is 9.15 Å². The molecule has 0 aliphatic heterocycles. The molecule has 7 nitrogen and oxygen atoms in total. The highest BCUT2D eigenvalue weighted by atomic mass is 16.5. The van der Waals surface area contributed by atoms with E-state index in [0.717, 1.165) is 11.3 Å². The zero-order chi connectivity index (χ0) is 16.9. The monoisotopic (exact) mass is 326 g/mol. The van der Waals surface area contributed by atoms with E-state index < -0.39 is 0 Å². The van der Waals surface area contributed by atoms with Gasteiger partial charge in [-0.25, -0.2) is 0 Å². The number of aromatic amines is 1. The van der Waals surface area contributed by atoms with Gasteiger partial charge in [0.15, 0.2) is 11.6 Å². The van der Waals surface area contributed by atoms with Crippen molar-refractivity contribution < 1.29 is 13.9 Å². The molecule has 0 saturated heterocycles. The van der Waals surface area contributed by atoms with Crippen molar-refractivity contribution in [3.05, 3.63) is 48.2 Å². The SMILES string of the molecule is CC(C)Oc1cccc(CC(=O)Nc2n[nH]c(-c3ccco3)n2)c1. The molecule has 0 bridgehead atoms. The fourth-order valence-electron chi connectivity index (χ4n) is 2.20. The maximum atomic E-state index is 12.1. The lowest BCUT2D eigenvalue weighted by atomic mass is 10.1. The van der Waals surface area contributed by atoms with Crippen molar-refractivity contribution in [3.8, 4) is 17.3 Å². The minimum Gasteiger partial charge on any atom is -0.491 e. The molecule has 2 aromatic heterocycles. The lowest BCUT2D eigenvalue weighted by molar-refractivity contribution is -0.115. The Hall–Kier alpha value is -3.09. The number of amides is 1. The highest BCUT2D eigenvalue weighted by Gasteiger charge is 2.11. The molecular formula is C17H18N4O3. The van der Waals surface area contributed by atoms with E-state index in [0.29, 0.717) is 11.6 Å². The zero-order valence-electron chi connectivity index (χ0n) is 13.4. The first-order valence-corrected chi connectivity index (χ1v) is 7.62. The fourth-order valence-corrected chi connectivity index (χ4v) is 2.20. The van der Waals surface area contributed by atoms with Crippen LogP contribution >= 0.6 is 0 Å². The van der Waals surface area contributed by atoms with Gasteiger partial charge in [-0.1, -0.05) is 12.1 Å². The Balaban J connectivity index is 1.62. The molecule has 124 valence electrons. The Morgan fingerprint density at radius 2 is 2.21 bits per heavy atom. The highest BCUT2D eigenvalue weighted by Crippen LogP contribution is 2.17. The van der Waals surface area contributed by atoms with E-state index in [-0.39, 0.29) is 24.4 Å². The number of furan rings is 1. The van der Waals surface area contributed by atoms with E-state index in [1.807, 2.05) is 38.1 Å². The van der Waals surface area contributed by atoms with Gasteiger partial charge in [-0.15, -0.1) is 5.10 Å². The van der Waals surface area contributed by atoms with Crippen molar-refractivity contribution >= 4 is 11.9 Å². The van der Waals surface area contributed by atoms with Crippen molar-refractivity contribution in [2.24, 2.45) is 0 Å². The van der Waals surface area contributed by atoms with Gasteiger partial charge in [0.05, 0.1) is 18.8 Å². The Bertz CT molecular complexity index is 809. The van der Waals surface area contributed by atoms with Crippen molar-refractivity contribution in [1.29, 1.82) is 0 Å². The van der Waals surface area contributed by atoms with Crippen LogP contribution in [0.1, 0.15) is 19.4 Å². The van der Waals surface area contributed by atoms with Gasteiger partial charge in [-0.2, -0.15) is 4.98 Å². The maximum absolute atomic E-state index is 12.1. The number of hydrogen-bond acceptors (Lipinski definition) is 5. The summed E-state index contributed by atoms with van der Waals surface area (Å²) in [6.45, 7) is 3.92. The molecule has 0 spiro atoms. The number of nitrogens with one attached hydrogen (secondary N) is 2. The average molecular weight is 326 g/mol. The number of ether oxygens (including phenoxy) is 1. The lowest BCUT2D eigenvalue weighted by Gasteiger charge is -2.10. The summed E-state index contributed by atoms with van der Waals surface area (Å²) in [6, 6.07) is 11.0. The van der Waals surface area contributed by atoms with Gasteiger partial charge in [0.1, 0.15) is 5.75 Å². The summed E-state index contributed by atoms with van der Waals surface area (Å²) < 4.78 is 10.8. The van der Waals surface area contributed by atoms with Gasteiger partial charge in [-0.05, 0) is 43.7 Å². The number of nitrogens with zero attached hydrogens (tertiary/aromatic N) is 2. The minimum absolute atomic E-state index is 0.0855. The number of H-pyrrole nitrogens is 1. The quantitative estimate of drug-likeness (QED) is 0.726. The fraction of sp³-hybridized carbons (Fsp3) is 0.235. The molecule has 0 aliphatic rings. The maximum Gasteiger partial charge on any atom is 0.249 e. The summed E-state index contributed by atoms with van der Waals surface area (Å²) in [7, 11) is 0. The van der Waals surface area contributed by atoms with E-state index in [1.54, 1.807) is 18.4 Å². The third kappa shape index (κ3) is 4.01. The van der Waals surface area contributed by atoms with Crippen molar-refractivity contribution in [2.45, 2.75) is 26.4 Å². The second-order valence-corrected chi connectivity index (χ2v) is 5.52. The summed E-state index contributed by atoms with van der Waals surface area (Å²) in [5.41, 5.74) is 0.854. The largest absolute Gasteiger partial charge is 0.491 e. The van der Waals surface area contributed by atoms with Crippen LogP contribution in [0.15, 0.2) is 47.1 Å². The number of carbonyl (C=O) groups is 1. The molecule has 3 rings (SSSR count). The number of hydrogen-bond donors (Lipinski definition) is 2. The van der Waals surface area contributed by atoms with E-state index >= 15 is 0 Å². The average Bonchev–Trinajstić information content (AvgIpc) is 3.17. The molecule has 1 aromatic carbocycles. The Labute approximate surface area is 139 Å². The number of carbonyl (C=O) groups excluding carboxylic acids is 1. The van der Waals surface area contributed by atoms with Crippen LogP contribution in [0.25, 0.3) is 11.6 Å². The number of aromatic nitrogens is 3. The second kappa shape index (κ2) is 6.99. The van der Waals surface area contributed by atoms with Crippen LogP contribution in [0.5, 0.6) is 5.75 Å². The minimum atomic E-state index is -0.207. The third-order valence-electron chi connectivity index (χ3n) is 3.13. The molecule has 0 fully saturated rings. The van der Waals surface area contributed by atoms with Gasteiger partial charge in [0.2, 0.25) is 11.9 Å². The van der Waals surface area contributed by atoms with Crippen LogP contribution < -0.4 is 10.1 Å². The van der Waals surface area contributed by atoms with Gasteiger partial charge >= 0.3 is 0 Å². The van der Waals surface area contributed by atoms with E-state index in [2.05, 4.69) is 20.5 Å². The molecule has 7 heteroatoms. The van der Waals surface area contributed by atoms with Crippen LogP contribution in [0.3, 0.4) is 0 Å². The van der Waals surface area contributed by atoms with Crippen LogP contribution in [-0.2, 0) is 11.2 Å². The summed E-state index contributed by atoms with van der Waals surface area (Å²) in [4.78, 5) is 16.3. The second-order valence-electron chi connectivity index (χ2n) is 5.52. The normalized spacial score (nSPS) is 10.8. The van der Waals surface area contributed by atoms with Crippen LogP contribution in [0.4, 0.5) is 5.95 Å². The van der Waals surface area contributed by atoms with Gasteiger partial charge in [0, 0.05) is 0 Å². The molecule has 2 heterocycles. The lowest BCUT2D eigenvalue weighted by Crippen LogP contribution is -2.15. The summed E-state index contributed by atoms with van der Waals surface area (Å²) in [5, 5.41) is 9.33. The molecule has 0 atom stereocenters. The molecule has 0 aliphatic carbocycles. The molecular weight excluding hydrogens is 308 g/mol. The Morgan fingerprint density at radius 1 is 1.33 bits per heavy atom. The molecule has 0 unspecified atom stereocenters. The molecule has 3 aromatic rings. The van der Waals surface area contributed by atoms with Crippen molar-refractivity contribution in [2.75, 3.05) is 5.32 Å². The first kappa shape index (κ1) is 15.8. The number of rotatable bonds is 6. The summed E-state index contributed by atoms with van der Waals surface area (Å²) in [6.07, 6.45) is 1.84. The molecule has 2 N–H and O–H groups in total. The summed E-state index contributed by atoms with van der Waals surface area (Å²) >= 11 is 0. The highest BCUT2D eigenvalue weighted by molar-refractivity contribution is 5.90. The van der Waals surface area contributed by atoms with E-state index in [1.165, 1.54) is 0 Å². The van der Waals surface area contributed by atoms with Crippen LogP contribution in [-0.4, -0.2) is 27.2 Å². The Morgan fingerprint density at radius 3 is 2.96 bits per heavy atom. The zero-order valence-corrected chi connectivity index (χ0v) is 13.4. The Kier molecular flexibility index (Phi) is 4.60. The number of anilines is 1. The third-order valence-corrected chi connectivity index (χ3v) is 3.13. The molecule has 1 amide bonds. The topological polar surface area (TPSA) is 93.0 Å². The first-order chi connectivity index (χ1) is 11.6. The van der Waals surface area contributed by atoms with Gasteiger partial charge in [-0.3, -0.25) is 15.2 Å². The predicted octanol–water partition coefficient (Wildman–Crippen LogP) is 3.03. The smallest absolute Gasteiger partial charge is 0.249 e. The van der Waals surface area contributed by atoms with Crippen LogP contribution in [0.2, 0.25) is 0 Å². The molecule has 0 saturated carbocycles. The van der Waals surface area contributed by atoms with Crippen molar-refractivity contribution in [3.63, 3.8) is 0 Å². The standard InChI is InChI=1S/C17H18N4O3/c1-11(2)24-13-6-3-5-12(9-13)10-15(22)18-17-19-16(20-21-17)14-7-4-8-23-14/h3-9,11H,10H2,1-2H3,(H2,18,19,20,21,22). The molecule has 24 heavy (non-hydrogen) atoms. The first-order valence-electron chi connectivity index (χ1n) is 7.62. The van der Waals surface area contributed by atoms with Gasteiger partial charge < -0.3 is 9.15 Å². The summed E-state index contributed by atoms with van der Waals surface area (Å²) in [5.74, 6) is 1.76.